The van der Waals surface area contributed by atoms with Crippen molar-refractivity contribution in [3.8, 4) is 5.69 Å². The van der Waals surface area contributed by atoms with Crippen LogP contribution < -0.4 is 0 Å². The average Bonchev–Trinajstić information content (AvgIpc) is 2.75. The first-order chi connectivity index (χ1) is 8.61. The zero-order chi connectivity index (χ0) is 13.1. The molecule has 6 heteroatoms. The Morgan fingerprint density at radius 3 is 2.53 bits per heavy atom. The molecule has 2 aromatic rings. The Labute approximate surface area is 128 Å². The van der Waals surface area contributed by atoms with Gasteiger partial charge in [-0.15, -0.1) is 0 Å². The van der Waals surface area contributed by atoms with E-state index in [0.717, 1.165) is 24.4 Å². The molecule has 0 aliphatic heterocycles. The third-order valence-electron chi connectivity index (χ3n) is 2.58. The van der Waals surface area contributed by atoms with Crippen LogP contribution in [0.5, 0.6) is 0 Å². The molecule has 95 valence electrons. The fraction of sp³-hybridized carbons (Fsp3) is 0.231. The van der Waals surface area contributed by atoms with E-state index >= 15 is 0 Å². The minimum absolute atomic E-state index is 0. The van der Waals surface area contributed by atoms with Crippen molar-refractivity contribution in [3.63, 3.8) is 0 Å². The molecular weight excluding hydrogens is 259 g/mol. The smallest absolute Gasteiger partial charge is 0.356 e. The molecular formula is C13H13ClLiN2O2. The van der Waals surface area contributed by atoms with E-state index in [1.54, 1.807) is 16.7 Å². The molecule has 1 aromatic heterocycles. The molecule has 2 rings (SSSR count). The topological polar surface area (TPSA) is 55.1 Å². The molecule has 0 atom stereocenters. The van der Waals surface area contributed by atoms with Gasteiger partial charge in [-0.2, -0.15) is 0 Å². The maximum Gasteiger partial charge on any atom is 0.356 e. The van der Waals surface area contributed by atoms with Crippen molar-refractivity contribution >= 4 is 36.4 Å². The van der Waals surface area contributed by atoms with Crippen LogP contribution in [-0.2, 0) is 6.42 Å². The summed E-state index contributed by atoms with van der Waals surface area (Å²) in [7, 11) is 0. The van der Waals surface area contributed by atoms with Gasteiger partial charge in [0.05, 0.1) is 0 Å². The Balaban J connectivity index is 0.00000180. The van der Waals surface area contributed by atoms with Crippen molar-refractivity contribution in [2.75, 3.05) is 0 Å². The van der Waals surface area contributed by atoms with E-state index in [4.69, 9.17) is 16.7 Å². The minimum atomic E-state index is -1.01. The van der Waals surface area contributed by atoms with E-state index in [0.29, 0.717) is 5.02 Å². The summed E-state index contributed by atoms with van der Waals surface area (Å²) in [5.74, 6) is -0.266. The molecule has 0 aliphatic carbocycles. The van der Waals surface area contributed by atoms with E-state index in [-0.39, 0.29) is 24.6 Å². The zero-order valence-electron chi connectivity index (χ0n) is 10.9. The minimum Gasteiger partial charge on any atom is -0.476 e. The number of nitrogens with zero attached hydrogens (tertiary/aromatic N) is 2. The summed E-state index contributed by atoms with van der Waals surface area (Å²) in [5, 5.41) is 9.63. The maximum absolute atomic E-state index is 11.0. The van der Waals surface area contributed by atoms with Gasteiger partial charge >= 0.3 is 5.97 Å². The van der Waals surface area contributed by atoms with Crippen LogP contribution >= 0.6 is 11.6 Å². The van der Waals surface area contributed by atoms with Crippen LogP contribution in [0, 0.1) is 0 Å². The predicted octanol–water partition coefficient (Wildman–Crippen LogP) is 2.80. The number of aromatic nitrogens is 2. The maximum atomic E-state index is 11.0. The molecule has 1 radical (unpaired) electrons. The Kier molecular flexibility index (Phi) is 5.68. The van der Waals surface area contributed by atoms with E-state index in [1.807, 2.05) is 19.1 Å². The zero-order valence-corrected chi connectivity index (χ0v) is 11.7. The van der Waals surface area contributed by atoms with Crippen LogP contribution in [0.4, 0.5) is 0 Å². The molecule has 0 spiro atoms. The first-order valence-electron chi connectivity index (χ1n) is 5.69. The summed E-state index contributed by atoms with van der Waals surface area (Å²) >= 11 is 5.84. The van der Waals surface area contributed by atoms with Crippen molar-refractivity contribution in [2.24, 2.45) is 0 Å². The normalized spacial score (nSPS) is 10.0. The van der Waals surface area contributed by atoms with Crippen molar-refractivity contribution in [3.05, 3.63) is 47.0 Å². The second-order valence-electron chi connectivity index (χ2n) is 3.94. The van der Waals surface area contributed by atoms with Crippen LogP contribution in [0.25, 0.3) is 5.69 Å². The molecule has 0 saturated heterocycles. The molecule has 0 bridgehead atoms. The number of halogens is 1. The average molecular weight is 272 g/mol. The SMILES string of the molecule is CCCc1nc(C(=O)O)cn1-c1ccc(Cl)cc1.[Li]. The molecule has 0 saturated carbocycles. The summed E-state index contributed by atoms with van der Waals surface area (Å²) in [6, 6.07) is 7.23. The first-order valence-corrected chi connectivity index (χ1v) is 6.07. The summed E-state index contributed by atoms with van der Waals surface area (Å²) in [6.45, 7) is 2.03. The molecule has 0 amide bonds. The second-order valence-corrected chi connectivity index (χ2v) is 4.38. The van der Waals surface area contributed by atoms with Crippen LogP contribution in [0.3, 0.4) is 0 Å². The van der Waals surface area contributed by atoms with Gasteiger partial charge < -0.3 is 9.67 Å². The van der Waals surface area contributed by atoms with Gasteiger partial charge in [-0.1, -0.05) is 18.5 Å². The monoisotopic (exact) mass is 271 g/mol. The van der Waals surface area contributed by atoms with Crippen molar-refractivity contribution in [1.82, 2.24) is 9.55 Å². The van der Waals surface area contributed by atoms with Crippen molar-refractivity contribution < 1.29 is 9.90 Å². The third-order valence-corrected chi connectivity index (χ3v) is 2.83. The number of hydrogen-bond acceptors (Lipinski definition) is 2. The number of carboxylic acid groups (broad SMARTS) is 1. The first kappa shape index (κ1) is 15.8. The molecule has 0 fully saturated rings. The number of rotatable bonds is 4. The standard InChI is InChI=1S/C13H13ClN2O2.Li/c1-2-3-12-15-11(13(17)18)8-16(12)10-6-4-9(14)5-7-10;/h4-8H,2-3H2,1H3,(H,17,18);. The van der Waals surface area contributed by atoms with Crippen LogP contribution in [0.2, 0.25) is 5.02 Å². The summed E-state index contributed by atoms with van der Waals surface area (Å²) in [6.07, 6.45) is 3.18. The van der Waals surface area contributed by atoms with Crippen molar-refractivity contribution in [1.29, 1.82) is 0 Å². The van der Waals surface area contributed by atoms with Gasteiger partial charge in [-0.05, 0) is 30.7 Å². The van der Waals surface area contributed by atoms with Gasteiger partial charge in [0, 0.05) is 42.2 Å². The number of aromatic carboxylic acids is 1. The third kappa shape index (κ3) is 3.63. The number of hydrogen-bond donors (Lipinski definition) is 1. The number of carbonyl (C=O) groups is 1. The number of benzene rings is 1. The quantitative estimate of drug-likeness (QED) is 0.870. The Morgan fingerprint density at radius 2 is 2.00 bits per heavy atom. The fourth-order valence-corrected chi connectivity index (χ4v) is 1.87. The molecule has 4 nitrogen and oxygen atoms in total. The van der Waals surface area contributed by atoms with Crippen LogP contribution in [0.1, 0.15) is 29.7 Å². The second kappa shape index (κ2) is 6.81. The number of aryl methyl sites for hydroxylation is 1. The van der Waals surface area contributed by atoms with Gasteiger partial charge in [-0.25, -0.2) is 9.78 Å². The number of imidazole rings is 1. The van der Waals surface area contributed by atoms with E-state index in [9.17, 15) is 4.79 Å². The molecule has 0 unspecified atom stereocenters. The van der Waals surface area contributed by atoms with Crippen LogP contribution in [0.15, 0.2) is 30.5 Å². The summed E-state index contributed by atoms with van der Waals surface area (Å²) in [5.41, 5.74) is 0.927. The Hall–Kier alpha value is -1.21. The van der Waals surface area contributed by atoms with E-state index in [1.165, 1.54) is 6.20 Å². The van der Waals surface area contributed by atoms with Gasteiger partial charge in [0.25, 0.3) is 0 Å². The molecule has 0 aliphatic rings. The van der Waals surface area contributed by atoms with Gasteiger partial charge in [0.15, 0.2) is 5.69 Å². The molecule has 1 heterocycles. The van der Waals surface area contributed by atoms with E-state index in [2.05, 4.69) is 4.98 Å². The molecule has 1 N–H and O–H groups in total. The summed E-state index contributed by atoms with van der Waals surface area (Å²) in [4.78, 5) is 15.1. The Morgan fingerprint density at radius 1 is 1.37 bits per heavy atom. The van der Waals surface area contributed by atoms with Gasteiger partial charge in [-0.3, -0.25) is 0 Å². The van der Waals surface area contributed by atoms with Gasteiger partial charge in [0.1, 0.15) is 5.82 Å². The molecule has 19 heavy (non-hydrogen) atoms. The van der Waals surface area contributed by atoms with Crippen molar-refractivity contribution in [2.45, 2.75) is 19.8 Å². The van der Waals surface area contributed by atoms with Gasteiger partial charge in [0.2, 0.25) is 0 Å². The summed E-state index contributed by atoms with van der Waals surface area (Å²) < 4.78 is 1.79. The predicted molar refractivity (Wildman–Crippen MR) is 75.3 cm³/mol. The van der Waals surface area contributed by atoms with E-state index < -0.39 is 5.97 Å². The fourth-order valence-electron chi connectivity index (χ4n) is 1.75. The Bertz CT molecular complexity index is 567. The van der Waals surface area contributed by atoms with Crippen LogP contribution in [-0.4, -0.2) is 39.5 Å². The number of carboxylic acids is 1. The molecule has 1 aromatic carbocycles. The largest absolute Gasteiger partial charge is 0.476 e.